The van der Waals surface area contributed by atoms with Gasteiger partial charge in [0.2, 0.25) is 0 Å². The monoisotopic (exact) mass is 611 g/mol. The number of nitrogens with one attached hydrogen (secondary N) is 1. The average Bonchev–Trinajstić information content (AvgIpc) is 3.03. The number of benzene rings is 3. The maximum atomic E-state index is 13.5. The van der Waals surface area contributed by atoms with Crippen LogP contribution in [0.25, 0.3) is 22.3 Å². The van der Waals surface area contributed by atoms with Crippen LogP contribution in [-0.4, -0.2) is 72.1 Å². The van der Waals surface area contributed by atoms with Crippen LogP contribution in [0.15, 0.2) is 63.8 Å². The predicted molar refractivity (Wildman–Crippen MR) is 154 cm³/mol. The molecule has 1 fully saturated rings. The van der Waals surface area contributed by atoms with E-state index < -0.39 is 54.3 Å². The van der Waals surface area contributed by atoms with E-state index in [4.69, 9.17) is 23.4 Å². The maximum Gasteiger partial charge on any atom is 0.256 e. The van der Waals surface area contributed by atoms with Crippen LogP contribution >= 0.6 is 0 Å². The normalized spacial score (nSPS) is 21.6. The van der Waals surface area contributed by atoms with E-state index in [0.717, 1.165) is 12.1 Å². The van der Waals surface area contributed by atoms with Gasteiger partial charge in [0.1, 0.15) is 52.7 Å². The Balaban J connectivity index is 1.59. The van der Waals surface area contributed by atoms with Gasteiger partial charge in [0.25, 0.3) is 5.91 Å². The molecule has 44 heavy (non-hydrogen) atoms. The lowest BCUT2D eigenvalue weighted by Gasteiger charge is -2.41. The van der Waals surface area contributed by atoms with Crippen LogP contribution < -0.4 is 25.0 Å². The Morgan fingerprint density at radius 1 is 0.909 bits per heavy atom. The summed E-state index contributed by atoms with van der Waals surface area (Å²) in [4.78, 5) is 26.6. The number of halogens is 1. The van der Waals surface area contributed by atoms with Crippen molar-refractivity contribution in [3.05, 3.63) is 81.8 Å². The number of rotatable bonds is 8. The molecule has 5 N–H and O–H groups in total. The van der Waals surface area contributed by atoms with Gasteiger partial charge in [-0.3, -0.25) is 9.59 Å². The quantitative estimate of drug-likeness (QED) is 0.198. The zero-order valence-corrected chi connectivity index (χ0v) is 23.8. The first kappa shape index (κ1) is 30.9. The molecule has 1 amide bonds. The summed E-state index contributed by atoms with van der Waals surface area (Å²) < 4.78 is 41.4. The molecule has 5 unspecified atom stereocenters. The second-order valence-corrected chi connectivity index (χ2v) is 10.0. The third-order valence-electron chi connectivity index (χ3n) is 7.41. The lowest BCUT2D eigenvalue weighted by atomic mass is 9.87. The molecule has 1 aromatic heterocycles. The molecule has 0 aliphatic carbocycles. The van der Waals surface area contributed by atoms with Crippen LogP contribution in [0.1, 0.15) is 17.2 Å². The number of methoxy groups -OCH3 is 3. The topological polar surface area (TPSA) is 177 Å². The second-order valence-electron chi connectivity index (χ2n) is 10.0. The minimum atomic E-state index is -1.88. The number of aliphatic hydroxyl groups is 4. The summed E-state index contributed by atoms with van der Waals surface area (Å²) in [5.74, 6) is -0.521. The zero-order valence-electron chi connectivity index (χ0n) is 23.8. The van der Waals surface area contributed by atoms with Gasteiger partial charge in [-0.05, 0) is 54.1 Å². The number of carbonyl (C=O) groups excluding carboxylic acids is 1. The van der Waals surface area contributed by atoms with Gasteiger partial charge in [-0.15, -0.1) is 0 Å². The van der Waals surface area contributed by atoms with Gasteiger partial charge in [0.15, 0.2) is 23.0 Å². The van der Waals surface area contributed by atoms with Crippen molar-refractivity contribution in [1.29, 1.82) is 0 Å². The third kappa shape index (κ3) is 5.58. The van der Waals surface area contributed by atoms with E-state index in [1.807, 2.05) is 0 Å². The molecule has 0 radical (unpaired) electrons. The van der Waals surface area contributed by atoms with E-state index in [1.165, 1.54) is 45.6 Å². The van der Waals surface area contributed by atoms with Gasteiger partial charge in [-0.25, -0.2) is 4.39 Å². The van der Waals surface area contributed by atoms with E-state index in [2.05, 4.69) is 5.32 Å². The minimum Gasteiger partial charge on any atom is -0.495 e. The van der Waals surface area contributed by atoms with Gasteiger partial charge in [-0.2, -0.15) is 0 Å². The first-order valence-corrected chi connectivity index (χ1v) is 13.4. The highest BCUT2D eigenvalue weighted by Crippen LogP contribution is 2.43. The molecule has 232 valence electrons. The van der Waals surface area contributed by atoms with Gasteiger partial charge in [0, 0.05) is 22.9 Å². The van der Waals surface area contributed by atoms with Gasteiger partial charge >= 0.3 is 0 Å². The molecule has 12 nitrogen and oxygen atoms in total. The molecule has 1 saturated heterocycles. The molecule has 5 rings (SSSR count). The van der Waals surface area contributed by atoms with E-state index in [9.17, 15) is 34.4 Å². The first-order valence-electron chi connectivity index (χ1n) is 13.4. The van der Waals surface area contributed by atoms with Crippen molar-refractivity contribution in [2.24, 2.45) is 0 Å². The van der Waals surface area contributed by atoms with Crippen molar-refractivity contribution < 1.29 is 53.0 Å². The predicted octanol–water partition coefficient (Wildman–Crippen LogP) is 2.28. The molecule has 13 heteroatoms. The van der Waals surface area contributed by atoms with E-state index in [0.29, 0.717) is 17.1 Å². The third-order valence-corrected chi connectivity index (χ3v) is 7.41. The zero-order chi connectivity index (χ0) is 31.7. The lowest BCUT2D eigenvalue weighted by Crippen LogP contribution is -2.57. The van der Waals surface area contributed by atoms with Gasteiger partial charge in [0.05, 0.1) is 27.9 Å². The Bertz CT molecular complexity index is 1740. The number of fused-ring (bicyclic) bond motifs is 1. The highest BCUT2D eigenvalue weighted by Gasteiger charge is 2.49. The summed E-state index contributed by atoms with van der Waals surface area (Å²) in [6, 6.07) is 12.3. The summed E-state index contributed by atoms with van der Waals surface area (Å²) in [5.41, 5.74) is 0.220. The van der Waals surface area contributed by atoms with Crippen molar-refractivity contribution in [2.45, 2.75) is 37.1 Å². The summed E-state index contributed by atoms with van der Waals surface area (Å²) in [5, 5.41) is 45.1. The second kappa shape index (κ2) is 12.6. The number of hydrogen-bond donors (Lipinski definition) is 5. The average molecular weight is 612 g/mol. The smallest absolute Gasteiger partial charge is 0.256 e. The van der Waals surface area contributed by atoms with Crippen LogP contribution in [0, 0.1) is 5.82 Å². The highest BCUT2D eigenvalue weighted by atomic mass is 19.1. The molecule has 5 atom stereocenters. The number of anilines is 1. The van der Waals surface area contributed by atoms with Crippen LogP contribution in [0.5, 0.6) is 17.2 Å². The largest absolute Gasteiger partial charge is 0.495 e. The molecule has 0 bridgehead atoms. The van der Waals surface area contributed by atoms with Crippen molar-refractivity contribution in [2.75, 3.05) is 26.6 Å². The number of carbonyl (C=O) groups is 1. The molecule has 3 aromatic carbocycles. The fourth-order valence-corrected chi connectivity index (χ4v) is 5.22. The standard InChI is InChI=1S/C31H30FNO11/c1-40-19-9-4-14(10-21(19)41-2)20-12-18(35)24-22(43-20)11-15(13-34)23(28(24)42-3)29-26(37)25(36)27(38)30(44-29)31(39)33-17-7-5-16(32)6-8-17/h4-12,25-27,29-30,34,36-38H,13H2,1-3H3,(H,33,39). The Morgan fingerprint density at radius 2 is 1.61 bits per heavy atom. The van der Waals surface area contributed by atoms with Crippen molar-refractivity contribution in [1.82, 2.24) is 0 Å². The first-order chi connectivity index (χ1) is 21.1. The molecular formula is C31H30FNO11. The van der Waals surface area contributed by atoms with Crippen LogP contribution in [-0.2, 0) is 16.1 Å². The van der Waals surface area contributed by atoms with Crippen LogP contribution in [0.2, 0.25) is 0 Å². The highest BCUT2D eigenvalue weighted by molar-refractivity contribution is 5.95. The molecule has 2 heterocycles. The fraction of sp³-hybridized carbons (Fsp3) is 0.290. The van der Waals surface area contributed by atoms with Crippen LogP contribution in [0.3, 0.4) is 0 Å². The Labute approximate surface area is 249 Å². The minimum absolute atomic E-state index is 0.0309. The lowest BCUT2D eigenvalue weighted by molar-refractivity contribution is -0.221. The number of hydrogen-bond acceptors (Lipinski definition) is 11. The van der Waals surface area contributed by atoms with E-state index >= 15 is 0 Å². The van der Waals surface area contributed by atoms with Crippen molar-refractivity contribution >= 4 is 22.6 Å². The molecule has 1 aliphatic rings. The number of ether oxygens (including phenoxy) is 4. The molecule has 0 spiro atoms. The Morgan fingerprint density at radius 3 is 2.25 bits per heavy atom. The molecule has 0 saturated carbocycles. The van der Waals surface area contributed by atoms with Crippen molar-refractivity contribution in [3.63, 3.8) is 0 Å². The van der Waals surface area contributed by atoms with E-state index in [1.54, 1.807) is 18.2 Å². The molecule has 1 aliphatic heterocycles. The Hall–Kier alpha value is -4.53. The van der Waals surface area contributed by atoms with Gasteiger partial charge in [-0.1, -0.05) is 0 Å². The van der Waals surface area contributed by atoms with Gasteiger partial charge < -0.3 is 49.1 Å². The maximum absolute atomic E-state index is 13.5. The molecule has 4 aromatic rings. The number of aliphatic hydroxyl groups excluding tert-OH is 4. The summed E-state index contributed by atoms with van der Waals surface area (Å²) in [7, 11) is 4.20. The Kier molecular flexibility index (Phi) is 8.85. The molecular weight excluding hydrogens is 581 g/mol. The number of amides is 1. The summed E-state index contributed by atoms with van der Waals surface area (Å²) in [6.07, 6.45) is -8.83. The SMILES string of the molecule is COc1ccc(-c2cc(=O)c3c(OC)c(C4OC(C(=O)Nc5ccc(F)cc5)C(O)C(O)C4O)c(CO)cc3o2)cc1OC. The fourth-order valence-electron chi connectivity index (χ4n) is 5.22. The summed E-state index contributed by atoms with van der Waals surface area (Å²) >= 11 is 0. The van der Waals surface area contributed by atoms with Crippen LogP contribution in [0.4, 0.5) is 10.1 Å². The van der Waals surface area contributed by atoms with E-state index in [-0.39, 0.29) is 39.3 Å². The van der Waals surface area contributed by atoms with Crippen molar-refractivity contribution in [3.8, 4) is 28.6 Å². The summed E-state index contributed by atoms with van der Waals surface area (Å²) in [6.45, 7) is -0.649.